The zero-order chi connectivity index (χ0) is 40.1. The number of carbonyl (C=O) groups is 1. The molecular weight excluding hydrogens is 780 g/mol. The summed E-state index contributed by atoms with van der Waals surface area (Å²) >= 11 is 7.78. The highest BCUT2D eigenvalue weighted by Crippen LogP contribution is 2.36. The molecule has 0 spiro atoms. The molecule has 2 atom stereocenters. The van der Waals surface area contributed by atoms with Crippen LogP contribution in [0.2, 0.25) is 5.02 Å². The van der Waals surface area contributed by atoms with E-state index in [1.165, 1.54) is 23.3 Å². The van der Waals surface area contributed by atoms with E-state index in [4.69, 9.17) is 11.6 Å². The number of benzene rings is 5. The molecule has 0 aromatic heterocycles. The summed E-state index contributed by atoms with van der Waals surface area (Å²) in [7, 11) is -0.515. The number of thioether (sulfide) groups is 1. The van der Waals surface area contributed by atoms with Crippen LogP contribution in [0.25, 0.3) is 11.1 Å². The summed E-state index contributed by atoms with van der Waals surface area (Å²) in [5.41, 5.74) is 5.59. The highest BCUT2D eigenvalue weighted by atomic mass is 35.5. The van der Waals surface area contributed by atoms with E-state index in [1.54, 1.807) is 23.9 Å². The van der Waals surface area contributed by atoms with Crippen molar-refractivity contribution in [2.75, 3.05) is 56.2 Å². The van der Waals surface area contributed by atoms with Crippen LogP contribution in [0.15, 0.2) is 125 Å². The molecular formula is C43H45ClN6O5S2. The first-order valence-corrected chi connectivity index (χ1v) is 21.7. The molecule has 14 heteroatoms. The molecule has 2 aliphatic heterocycles. The van der Waals surface area contributed by atoms with Crippen LogP contribution < -0.4 is 14.9 Å². The van der Waals surface area contributed by atoms with Gasteiger partial charge in [-0.3, -0.25) is 19.8 Å². The van der Waals surface area contributed by atoms with Crippen molar-refractivity contribution < 1.29 is 18.1 Å². The minimum Gasteiger partial charge on any atom is -0.376 e. The third-order valence-electron chi connectivity index (χ3n) is 10.4. The smallest absolute Gasteiger partial charge is 0.293 e. The quantitative estimate of drug-likeness (QED) is 0.0613. The van der Waals surface area contributed by atoms with Gasteiger partial charge in [-0.05, 0) is 110 Å². The van der Waals surface area contributed by atoms with E-state index in [-0.39, 0.29) is 33.9 Å². The number of hydrogen-bond donors (Lipinski definition) is 2. The number of rotatable bonds is 15. The molecule has 0 aliphatic carbocycles. The van der Waals surface area contributed by atoms with Crippen LogP contribution in [0.5, 0.6) is 0 Å². The van der Waals surface area contributed by atoms with Gasteiger partial charge in [0.25, 0.3) is 21.6 Å². The van der Waals surface area contributed by atoms with Gasteiger partial charge in [-0.15, -0.1) is 11.8 Å². The first kappa shape index (κ1) is 40.3. The maximum atomic E-state index is 13.5. The summed E-state index contributed by atoms with van der Waals surface area (Å²) in [5.74, 6) is -0.155. The topological polar surface area (TPSA) is 128 Å². The largest absolute Gasteiger partial charge is 0.376 e. The summed E-state index contributed by atoms with van der Waals surface area (Å²) in [5, 5.41) is 16.2. The van der Waals surface area contributed by atoms with Gasteiger partial charge in [0.15, 0.2) is 0 Å². The number of nitrogens with zero attached hydrogens (tertiary/aromatic N) is 4. The minimum absolute atomic E-state index is 0.140. The molecule has 0 radical (unpaired) electrons. The van der Waals surface area contributed by atoms with Crippen molar-refractivity contribution >= 4 is 56.4 Å². The lowest BCUT2D eigenvalue weighted by Gasteiger charge is -2.39. The zero-order valence-electron chi connectivity index (χ0n) is 31.8. The fourth-order valence-corrected chi connectivity index (χ4v) is 9.64. The number of nitro benzene ring substituents is 1. The Bertz CT molecular complexity index is 2350. The van der Waals surface area contributed by atoms with Crippen molar-refractivity contribution in [1.82, 2.24) is 14.5 Å². The van der Waals surface area contributed by atoms with Crippen LogP contribution in [-0.4, -0.2) is 87.2 Å². The maximum Gasteiger partial charge on any atom is 0.293 e. The second-order valence-electron chi connectivity index (χ2n) is 14.7. The average molecular weight is 825 g/mol. The SMILES string of the molecule is CN(C)CC[C@H](CSc1ccccc1)Nc1ccc(S(=O)(=O)NC(=O)c2ccc3c(c2)C[C@@H]2CN(Cc4ccccc4-c4ccc(Cl)cc4)CCN32)cc1[N+](=O)[O-]. The molecule has 0 saturated carbocycles. The summed E-state index contributed by atoms with van der Waals surface area (Å²) in [4.78, 5) is 32.7. The molecule has 7 rings (SSSR count). The Labute approximate surface area is 343 Å². The normalized spacial score (nSPS) is 15.9. The third kappa shape index (κ3) is 9.79. The van der Waals surface area contributed by atoms with Crippen molar-refractivity contribution in [2.45, 2.75) is 41.3 Å². The summed E-state index contributed by atoms with van der Waals surface area (Å²) < 4.78 is 29.2. The number of sulfonamides is 1. The molecule has 1 saturated heterocycles. The maximum absolute atomic E-state index is 13.5. The number of nitro groups is 1. The van der Waals surface area contributed by atoms with Gasteiger partial charge in [-0.25, -0.2) is 13.1 Å². The van der Waals surface area contributed by atoms with Crippen LogP contribution in [0.4, 0.5) is 17.1 Å². The van der Waals surface area contributed by atoms with E-state index in [0.29, 0.717) is 17.2 Å². The van der Waals surface area contributed by atoms with Gasteiger partial charge >= 0.3 is 0 Å². The molecule has 11 nitrogen and oxygen atoms in total. The van der Waals surface area contributed by atoms with Gasteiger partial charge in [0, 0.05) is 71.3 Å². The number of halogens is 1. The Hall–Kier alpha value is -4.92. The number of anilines is 2. The van der Waals surface area contributed by atoms with Gasteiger partial charge in [-0.2, -0.15) is 0 Å². The fourth-order valence-electron chi connectivity index (χ4n) is 7.53. The van der Waals surface area contributed by atoms with Gasteiger partial charge in [0.2, 0.25) is 0 Å². The van der Waals surface area contributed by atoms with Crippen molar-refractivity contribution in [3.8, 4) is 11.1 Å². The standard InChI is InChI=1S/C43H45ClN6O5S2/c1-47(2)21-20-35(29-56-37-9-4-3-5-10-37)45-40-18-17-38(26-42(40)50(52)53)57(54,55)46-43(51)31-14-19-41-33(24-31)25-36-28-48(22-23-49(36)41)27-32-8-6-7-11-39(32)30-12-15-34(44)16-13-30/h3-19,24,26,35-36,45H,20-23,25,27-29H2,1-2H3,(H,46,51)/t35-,36-/m1/s1. The van der Waals surface area contributed by atoms with E-state index in [2.05, 4.69) is 38.0 Å². The molecule has 1 amide bonds. The molecule has 2 N–H and O–H groups in total. The molecule has 0 bridgehead atoms. The van der Waals surface area contributed by atoms with E-state index in [9.17, 15) is 23.3 Å². The van der Waals surface area contributed by atoms with Crippen molar-refractivity contribution in [3.63, 3.8) is 0 Å². The van der Waals surface area contributed by atoms with Crippen LogP contribution >= 0.6 is 23.4 Å². The van der Waals surface area contributed by atoms with E-state index < -0.39 is 20.9 Å². The fraction of sp³-hybridized carbons (Fsp3) is 0.279. The molecule has 5 aromatic carbocycles. The van der Waals surface area contributed by atoms with Crippen LogP contribution in [-0.2, 0) is 23.0 Å². The predicted molar refractivity (Wildman–Crippen MR) is 229 cm³/mol. The molecule has 1 fully saturated rings. The molecule has 0 unspecified atom stereocenters. The van der Waals surface area contributed by atoms with Crippen molar-refractivity contribution in [2.24, 2.45) is 0 Å². The van der Waals surface area contributed by atoms with Gasteiger partial charge in [-0.1, -0.05) is 66.2 Å². The van der Waals surface area contributed by atoms with Crippen molar-refractivity contribution in [1.29, 1.82) is 0 Å². The molecule has 2 heterocycles. The first-order valence-electron chi connectivity index (χ1n) is 18.8. The first-order chi connectivity index (χ1) is 27.4. The zero-order valence-corrected chi connectivity index (χ0v) is 34.2. The van der Waals surface area contributed by atoms with Crippen molar-refractivity contribution in [3.05, 3.63) is 147 Å². The number of piperazine rings is 1. The number of nitrogens with one attached hydrogen (secondary N) is 2. The Morgan fingerprint density at radius 1 is 0.965 bits per heavy atom. The Balaban J connectivity index is 1.01. The minimum atomic E-state index is -4.44. The third-order valence-corrected chi connectivity index (χ3v) is 13.2. The molecule has 5 aromatic rings. The summed E-state index contributed by atoms with van der Waals surface area (Å²) in [6.45, 7) is 4.08. The van der Waals surface area contributed by atoms with Crippen LogP contribution in [0.3, 0.4) is 0 Å². The number of hydrogen-bond acceptors (Lipinski definition) is 10. The Morgan fingerprint density at radius 2 is 1.72 bits per heavy atom. The number of fused-ring (bicyclic) bond motifs is 3. The second-order valence-corrected chi connectivity index (χ2v) is 17.9. The van der Waals surface area contributed by atoms with E-state index in [1.807, 2.05) is 85.7 Å². The van der Waals surface area contributed by atoms with E-state index in [0.717, 1.165) is 66.9 Å². The lowest BCUT2D eigenvalue weighted by atomic mass is 9.99. The van der Waals surface area contributed by atoms with Crippen LogP contribution in [0, 0.1) is 10.1 Å². The Morgan fingerprint density at radius 3 is 2.47 bits per heavy atom. The average Bonchev–Trinajstić information content (AvgIpc) is 3.56. The van der Waals surface area contributed by atoms with Gasteiger partial charge < -0.3 is 15.1 Å². The summed E-state index contributed by atoms with van der Waals surface area (Å²) in [6.07, 6.45) is 1.43. The van der Waals surface area contributed by atoms with E-state index >= 15 is 0 Å². The molecule has 57 heavy (non-hydrogen) atoms. The van der Waals surface area contributed by atoms with Crippen LogP contribution in [0.1, 0.15) is 27.9 Å². The summed E-state index contributed by atoms with van der Waals surface area (Å²) in [6, 6.07) is 35.3. The number of carbonyl (C=O) groups excluding carboxylic acids is 1. The monoisotopic (exact) mass is 824 g/mol. The second kappa shape index (κ2) is 17.7. The number of amides is 1. The molecule has 2 aliphatic rings. The lowest BCUT2D eigenvalue weighted by molar-refractivity contribution is -0.384. The van der Waals surface area contributed by atoms with Gasteiger partial charge in [0.1, 0.15) is 5.69 Å². The molecule has 296 valence electrons. The van der Waals surface area contributed by atoms with Gasteiger partial charge in [0.05, 0.1) is 9.82 Å². The highest BCUT2D eigenvalue weighted by Gasteiger charge is 2.35. The highest BCUT2D eigenvalue weighted by molar-refractivity contribution is 7.99. The predicted octanol–water partition coefficient (Wildman–Crippen LogP) is 7.81. The lowest BCUT2D eigenvalue weighted by Crippen LogP contribution is -2.51. The Kier molecular flexibility index (Phi) is 12.5.